The van der Waals surface area contributed by atoms with Crippen molar-refractivity contribution in [3.05, 3.63) is 24.3 Å². The lowest BCUT2D eigenvalue weighted by atomic mass is 9.75. The third-order valence-corrected chi connectivity index (χ3v) is 4.74. The number of imidazole rings is 1. The smallest absolute Gasteiger partial charge is 0.117 e. The minimum Gasteiger partial charge on any atom is -0.327 e. The van der Waals surface area contributed by atoms with E-state index in [0.29, 0.717) is 5.92 Å². The summed E-state index contributed by atoms with van der Waals surface area (Å²) in [6, 6.07) is 2.10. The molecule has 2 aromatic heterocycles. The first-order valence-electron chi connectivity index (χ1n) is 7.70. The Morgan fingerprint density at radius 1 is 1.45 bits per heavy atom. The summed E-state index contributed by atoms with van der Waals surface area (Å²) < 4.78 is 2.42. The zero-order valence-electron chi connectivity index (χ0n) is 12.7. The van der Waals surface area contributed by atoms with Gasteiger partial charge >= 0.3 is 0 Å². The zero-order chi connectivity index (χ0) is 14.2. The molecule has 1 aliphatic heterocycles. The highest BCUT2D eigenvalue weighted by Crippen LogP contribution is 2.38. The molecule has 4 nitrogen and oxygen atoms in total. The molecule has 2 aromatic rings. The summed E-state index contributed by atoms with van der Waals surface area (Å²) in [5.74, 6) is 1.83. The van der Waals surface area contributed by atoms with Gasteiger partial charge in [-0.1, -0.05) is 20.8 Å². The van der Waals surface area contributed by atoms with Gasteiger partial charge < -0.3 is 9.88 Å². The molecule has 1 N–H and O–H groups in total. The molecule has 0 spiro atoms. The van der Waals surface area contributed by atoms with E-state index in [2.05, 4.69) is 41.7 Å². The van der Waals surface area contributed by atoms with Crippen molar-refractivity contribution >= 4 is 11.0 Å². The fourth-order valence-electron chi connectivity index (χ4n) is 3.46. The highest BCUT2D eigenvalue weighted by Gasteiger charge is 2.42. The van der Waals surface area contributed by atoms with Crippen molar-refractivity contribution in [3.63, 3.8) is 0 Å². The number of aryl methyl sites for hydroxylation is 1. The Hall–Kier alpha value is -1.42. The van der Waals surface area contributed by atoms with E-state index in [9.17, 15) is 0 Å². The Kier molecular flexibility index (Phi) is 3.50. The van der Waals surface area contributed by atoms with Crippen LogP contribution in [0.15, 0.2) is 18.5 Å². The number of hydrogen-bond donors (Lipinski definition) is 1. The highest BCUT2D eigenvalue weighted by molar-refractivity contribution is 5.75. The van der Waals surface area contributed by atoms with Gasteiger partial charge in [0.15, 0.2) is 0 Å². The first kappa shape index (κ1) is 13.6. The predicted molar refractivity (Wildman–Crippen MR) is 81.8 cm³/mol. The van der Waals surface area contributed by atoms with Crippen molar-refractivity contribution in [2.45, 2.75) is 45.6 Å². The maximum Gasteiger partial charge on any atom is 0.117 e. The number of fused-ring (bicyclic) bond motifs is 1. The third kappa shape index (κ3) is 1.94. The number of pyridine rings is 1. The second-order valence-corrected chi connectivity index (χ2v) is 6.19. The van der Waals surface area contributed by atoms with Crippen LogP contribution in [0.2, 0.25) is 0 Å². The van der Waals surface area contributed by atoms with Crippen molar-refractivity contribution in [2.24, 2.45) is 5.92 Å². The summed E-state index contributed by atoms with van der Waals surface area (Å²) >= 11 is 0. The largest absolute Gasteiger partial charge is 0.327 e. The molecule has 0 aliphatic carbocycles. The van der Waals surface area contributed by atoms with Crippen LogP contribution in [0, 0.1) is 5.92 Å². The monoisotopic (exact) mass is 272 g/mol. The topological polar surface area (TPSA) is 42.7 Å². The molecular weight excluding hydrogens is 248 g/mol. The van der Waals surface area contributed by atoms with Crippen molar-refractivity contribution < 1.29 is 0 Å². The van der Waals surface area contributed by atoms with Crippen LogP contribution < -0.4 is 5.32 Å². The van der Waals surface area contributed by atoms with Gasteiger partial charge in [-0.15, -0.1) is 0 Å². The van der Waals surface area contributed by atoms with Crippen LogP contribution in [0.1, 0.15) is 39.4 Å². The van der Waals surface area contributed by atoms with Crippen molar-refractivity contribution in [2.75, 3.05) is 13.1 Å². The maximum atomic E-state index is 4.97. The highest BCUT2D eigenvalue weighted by atomic mass is 15.1. The Labute approximate surface area is 120 Å². The molecule has 3 heterocycles. The van der Waals surface area contributed by atoms with E-state index in [1.807, 2.05) is 12.4 Å². The first-order chi connectivity index (χ1) is 9.69. The van der Waals surface area contributed by atoms with E-state index in [4.69, 9.17) is 4.98 Å². The third-order valence-electron chi connectivity index (χ3n) is 4.74. The normalized spacial score (nSPS) is 23.0. The van der Waals surface area contributed by atoms with E-state index >= 15 is 0 Å². The van der Waals surface area contributed by atoms with Gasteiger partial charge in [-0.25, -0.2) is 4.98 Å². The van der Waals surface area contributed by atoms with E-state index < -0.39 is 0 Å². The first-order valence-corrected chi connectivity index (χ1v) is 7.70. The molecule has 3 rings (SSSR count). The number of nitrogens with one attached hydrogen (secondary N) is 1. The lowest BCUT2D eigenvalue weighted by molar-refractivity contribution is 0.307. The van der Waals surface area contributed by atoms with Crippen LogP contribution in [-0.4, -0.2) is 27.6 Å². The minimum absolute atomic E-state index is 0.161. The van der Waals surface area contributed by atoms with E-state index in [1.165, 1.54) is 17.8 Å². The summed E-state index contributed by atoms with van der Waals surface area (Å²) in [4.78, 5) is 9.20. The maximum absolute atomic E-state index is 4.97. The molecule has 0 bridgehead atoms. The van der Waals surface area contributed by atoms with Gasteiger partial charge in [0.1, 0.15) is 11.3 Å². The van der Waals surface area contributed by atoms with E-state index in [-0.39, 0.29) is 5.41 Å². The van der Waals surface area contributed by atoms with Crippen molar-refractivity contribution in [3.8, 4) is 0 Å². The van der Waals surface area contributed by atoms with Gasteiger partial charge in [0.2, 0.25) is 0 Å². The fourth-order valence-corrected chi connectivity index (χ4v) is 3.46. The van der Waals surface area contributed by atoms with Crippen LogP contribution >= 0.6 is 0 Å². The minimum atomic E-state index is 0.161. The lowest BCUT2D eigenvalue weighted by Gasteiger charge is -2.32. The lowest BCUT2D eigenvalue weighted by Crippen LogP contribution is -2.37. The molecule has 0 radical (unpaired) electrons. The second kappa shape index (κ2) is 5.17. The summed E-state index contributed by atoms with van der Waals surface area (Å²) in [6.07, 6.45) is 6.06. The molecule has 0 amide bonds. The summed E-state index contributed by atoms with van der Waals surface area (Å²) in [6.45, 7) is 10.0. The molecule has 20 heavy (non-hydrogen) atoms. The van der Waals surface area contributed by atoms with E-state index in [0.717, 1.165) is 31.6 Å². The Morgan fingerprint density at radius 2 is 2.30 bits per heavy atom. The standard InChI is InChI=1S/C16H24N4/c1-4-9-20-14-5-7-17-10-13(14)19-15(20)16(12(2)3)6-8-18-11-16/h5,7,10,12,18H,4,6,8-9,11H2,1-3H3. The second-order valence-electron chi connectivity index (χ2n) is 6.19. The molecule has 0 saturated carbocycles. The quantitative estimate of drug-likeness (QED) is 0.930. The van der Waals surface area contributed by atoms with Crippen LogP contribution in [0.5, 0.6) is 0 Å². The fraction of sp³-hybridized carbons (Fsp3) is 0.625. The van der Waals surface area contributed by atoms with Crippen LogP contribution in [0.3, 0.4) is 0 Å². The summed E-state index contributed by atoms with van der Waals surface area (Å²) in [5, 5.41) is 3.54. The van der Waals surface area contributed by atoms with Gasteiger partial charge in [0.05, 0.1) is 11.7 Å². The number of rotatable bonds is 4. The van der Waals surface area contributed by atoms with Crippen molar-refractivity contribution in [1.82, 2.24) is 19.9 Å². The van der Waals surface area contributed by atoms with Gasteiger partial charge in [-0.3, -0.25) is 4.98 Å². The molecule has 0 aromatic carbocycles. The molecule has 1 aliphatic rings. The molecule has 4 heteroatoms. The van der Waals surface area contributed by atoms with Crippen LogP contribution in [-0.2, 0) is 12.0 Å². The van der Waals surface area contributed by atoms with Gasteiger partial charge in [-0.05, 0) is 31.4 Å². The number of aromatic nitrogens is 3. The number of hydrogen-bond acceptors (Lipinski definition) is 3. The van der Waals surface area contributed by atoms with Crippen molar-refractivity contribution in [1.29, 1.82) is 0 Å². The van der Waals surface area contributed by atoms with Gasteiger partial charge in [0.25, 0.3) is 0 Å². The molecule has 1 unspecified atom stereocenters. The van der Waals surface area contributed by atoms with Crippen LogP contribution in [0.4, 0.5) is 0 Å². The summed E-state index contributed by atoms with van der Waals surface area (Å²) in [7, 11) is 0. The Bertz CT molecular complexity index is 594. The molecule has 1 saturated heterocycles. The predicted octanol–water partition coefficient (Wildman–Crippen LogP) is 2.73. The number of nitrogens with zero attached hydrogens (tertiary/aromatic N) is 3. The molecule has 108 valence electrons. The molecule has 1 fully saturated rings. The van der Waals surface area contributed by atoms with Gasteiger partial charge in [0, 0.05) is 24.7 Å². The summed E-state index contributed by atoms with van der Waals surface area (Å²) in [5.41, 5.74) is 2.42. The Balaban J connectivity index is 2.21. The Morgan fingerprint density at radius 3 is 2.95 bits per heavy atom. The van der Waals surface area contributed by atoms with Crippen LogP contribution in [0.25, 0.3) is 11.0 Å². The molecular formula is C16H24N4. The SMILES string of the molecule is CCCn1c(C2(C(C)C)CCNC2)nc2cnccc21. The average molecular weight is 272 g/mol. The van der Waals surface area contributed by atoms with Gasteiger partial charge in [-0.2, -0.15) is 0 Å². The average Bonchev–Trinajstić information content (AvgIpc) is 3.05. The molecule has 1 atom stereocenters. The van der Waals surface area contributed by atoms with E-state index in [1.54, 1.807) is 0 Å². The zero-order valence-corrected chi connectivity index (χ0v) is 12.7.